The third-order valence-electron chi connectivity index (χ3n) is 3.09. The molecule has 0 aromatic heterocycles. The van der Waals surface area contributed by atoms with Crippen molar-refractivity contribution in [3.05, 3.63) is 0 Å². The van der Waals surface area contributed by atoms with Crippen LogP contribution in [0.4, 0.5) is 0 Å². The molecule has 0 saturated heterocycles. The van der Waals surface area contributed by atoms with Crippen LogP contribution in [0, 0.1) is 5.41 Å². The molecule has 0 spiro atoms. The minimum atomic E-state index is -3.74. The fraction of sp³-hybridized carbons (Fsp3) is 0.889. The maximum Gasteiger partial charge on any atom is 0.303 e. The van der Waals surface area contributed by atoms with E-state index in [9.17, 15) is 13.2 Å². The molecule has 0 aromatic rings. The monoisotopic (exact) mass is 250 g/mol. The van der Waals surface area contributed by atoms with Gasteiger partial charge in [-0.1, -0.05) is 19.3 Å². The van der Waals surface area contributed by atoms with Crippen LogP contribution < -0.4 is 9.86 Å². The second kappa shape index (κ2) is 5.11. The average molecular weight is 250 g/mol. The molecular formula is C9H18N2O4S. The molecule has 4 N–H and O–H groups in total. The van der Waals surface area contributed by atoms with Crippen molar-refractivity contribution in [1.29, 1.82) is 0 Å². The molecule has 1 saturated carbocycles. The lowest BCUT2D eigenvalue weighted by Gasteiger charge is -2.35. The van der Waals surface area contributed by atoms with Gasteiger partial charge in [0.15, 0.2) is 0 Å². The standard InChI is InChI=1S/C9H18N2O4S/c10-16(14,15)11-7-9(6-8(12)13)4-2-1-3-5-9/h11H,1-7H2,(H,12,13)(H2,10,14,15). The predicted molar refractivity (Wildman–Crippen MR) is 58.9 cm³/mol. The van der Waals surface area contributed by atoms with Crippen molar-refractivity contribution in [2.45, 2.75) is 38.5 Å². The van der Waals surface area contributed by atoms with E-state index in [2.05, 4.69) is 4.72 Å². The van der Waals surface area contributed by atoms with Gasteiger partial charge in [-0.25, -0.2) is 9.86 Å². The highest BCUT2D eigenvalue weighted by Gasteiger charge is 2.34. The van der Waals surface area contributed by atoms with Gasteiger partial charge in [0.1, 0.15) is 0 Å². The molecule has 0 aromatic carbocycles. The molecule has 1 aliphatic carbocycles. The second-order valence-electron chi connectivity index (χ2n) is 4.50. The number of aliphatic carboxylic acids is 1. The molecule has 0 aliphatic heterocycles. The van der Waals surface area contributed by atoms with E-state index in [-0.39, 0.29) is 13.0 Å². The Hall–Kier alpha value is -0.660. The number of nitrogens with one attached hydrogen (secondary N) is 1. The van der Waals surface area contributed by atoms with Gasteiger partial charge in [-0.3, -0.25) is 4.79 Å². The molecule has 7 heteroatoms. The average Bonchev–Trinajstić information content (AvgIpc) is 2.14. The number of carbonyl (C=O) groups is 1. The maximum atomic E-state index is 10.8. The molecular weight excluding hydrogens is 232 g/mol. The second-order valence-corrected chi connectivity index (χ2v) is 5.88. The summed E-state index contributed by atoms with van der Waals surface area (Å²) < 4.78 is 23.9. The Balaban J connectivity index is 2.66. The first kappa shape index (κ1) is 13.4. The molecule has 94 valence electrons. The summed E-state index contributed by atoms with van der Waals surface area (Å²) in [6.45, 7) is 0.123. The highest BCUT2D eigenvalue weighted by atomic mass is 32.2. The van der Waals surface area contributed by atoms with Gasteiger partial charge in [-0.05, 0) is 18.3 Å². The third-order valence-corrected chi connectivity index (χ3v) is 3.64. The van der Waals surface area contributed by atoms with Gasteiger partial charge in [-0.2, -0.15) is 8.42 Å². The van der Waals surface area contributed by atoms with Crippen molar-refractivity contribution in [3.8, 4) is 0 Å². The van der Waals surface area contributed by atoms with Gasteiger partial charge < -0.3 is 5.11 Å². The van der Waals surface area contributed by atoms with Crippen molar-refractivity contribution in [3.63, 3.8) is 0 Å². The molecule has 0 bridgehead atoms. The predicted octanol–water partition coefficient (Wildman–Crippen LogP) is 0.205. The zero-order valence-corrected chi connectivity index (χ0v) is 9.92. The Morgan fingerprint density at radius 3 is 2.31 bits per heavy atom. The van der Waals surface area contributed by atoms with Crippen molar-refractivity contribution >= 4 is 16.2 Å². The van der Waals surface area contributed by atoms with Crippen LogP contribution in [0.2, 0.25) is 0 Å². The van der Waals surface area contributed by atoms with Crippen LogP contribution in [0.5, 0.6) is 0 Å². The lowest BCUT2D eigenvalue weighted by atomic mass is 9.72. The Labute approximate surface area is 95.4 Å². The molecule has 0 radical (unpaired) electrons. The number of rotatable bonds is 5. The molecule has 0 atom stereocenters. The van der Waals surface area contributed by atoms with E-state index in [1.807, 2.05) is 0 Å². The Bertz CT molecular complexity index is 347. The van der Waals surface area contributed by atoms with Gasteiger partial charge in [0, 0.05) is 6.54 Å². The summed E-state index contributed by atoms with van der Waals surface area (Å²) in [5.74, 6) is -0.891. The van der Waals surface area contributed by atoms with Gasteiger partial charge >= 0.3 is 5.97 Å². The van der Waals surface area contributed by atoms with E-state index in [4.69, 9.17) is 10.2 Å². The third kappa shape index (κ3) is 4.46. The minimum Gasteiger partial charge on any atom is -0.481 e. The first-order valence-corrected chi connectivity index (χ1v) is 6.87. The summed E-state index contributed by atoms with van der Waals surface area (Å²) >= 11 is 0. The molecule has 0 heterocycles. The summed E-state index contributed by atoms with van der Waals surface area (Å²) in [6.07, 6.45) is 4.44. The van der Waals surface area contributed by atoms with Gasteiger partial charge in [0.05, 0.1) is 6.42 Å². The zero-order valence-electron chi connectivity index (χ0n) is 9.11. The Kier molecular flexibility index (Phi) is 4.28. The first-order chi connectivity index (χ1) is 7.33. The number of nitrogens with two attached hydrogens (primary N) is 1. The Morgan fingerprint density at radius 2 is 1.88 bits per heavy atom. The van der Waals surface area contributed by atoms with Gasteiger partial charge in [0.25, 0.3) is 10.2 Å². The fourth-order valence-electron chi connectivity index (χ4n) is 2.29. The van der Waals surface area contributed by atoms with Crippen LogP contribution in [0.25, 0.3) is 0 Å². The lowest BCUT2D eigenvalue weighted by molar-refractivity contribution is -0.140. The fourth-order valence-corrected chi connectivity index (χ4v) is 2.80. The van der Waals surface area contributed by atoms with E-state index < -0.39 is 21.6 Å². The van der Waals surface area contributed by atoms with Gasteiger partial charge in [0.2, 0.25) is 0 Å². The Morgan fingerprint density at radius 1 is 1.31 bits per heavy atom. The molecule has 0 amide bonds. The molecule has 1 fully saturated rings. The van der Waals surface area contributed by atoms with E-state index in [0.29, 0.717) is 0 Å². The number of carboxylic acids is 1. The van der Waals surface area contributed by atoms with Crippen molar-refractivity contribution in [1.82, 2.24) is 4.72 Å². The van der Waals surface area contributed by atoms with Crippen LogP contribution in [-0.2, 0) is 15.0 Å². The molecule has 1 rings (SSSR count). The molecule has 1 aliphatic rings. The zero-order chi connectivity index (χ0) is 12.2. The molecule has 6 nitrogen and oxygen atoms in total. The quantitative estimate of drug-likeness (QED) is 0.647. The van der Waals surface area contributed by atoms with Crippen molar-refractivity contribution in [2.75, 3.05) is 6.54 Å². The summed E-state index contributed by atoms with van der Waals surface area (Å²) in [7, 11) is -3.74. The van der Waals surface area contributed by atoms with E-state index in [1.165, 1.54) is 0 Å². The van der Waals surface area contributed by atoms with Crippen molar-refractivity contribution < 1.29 is 18.3 Å². The maximum absolute atomic E-state index is 10.8. The van der Waals surface area contributed by atoms with Crippen LogP contribution >= 0.6 is 0 Å². The number of hydrogen-bond donors (Lipinski definition) is 3. The summed E-state index contributed by atoms with van der Waals surface area (Å²) in [4.78, 5) is 10.8. The van der Waals surface area contributed by atoms with Crippen molar-refractivity contribution in [2.24, 2.45) is 10.6 Å². The first-order valence-electron chi connectivity index (χ1n) is 5.32. The molecule has 0 unspecified atom stereocenters. The SMILES string of the molecule is NS(=O)(=O)NCC1(CC(=O)O)CCCCC1. The van der Waals surface area contributed by atoms with E-state index in [0.717, 1.165) is 32.1 Å². The van der Waals surface area contributed by atoms with Crippen LogP contribution in [0.3, 0.4) is 0 Å². The summed E-state index contributed by atoms with van der Waals surface area (Å²) in [5, 5.41) is 13.7. The number of carboxylic acid groups (broad SMARTS) is 1. The highest BCUT2D eigenvalue weighted by molar-refractivity contribution is 7.87. The minimum absolute atomic E-state index is 0.00444. The smallest absolute Gasteiger partial charge is 0.303 e. The normalized spacial score (nSPS) is 20.6. The van der Waals surface area contributed by atoms with E-state index in [1.54, 1.807) is 0 Å². The summed E-state index contributed by atoms with van der Waals surface area (Å²) in [6, 6.07) is 0. The largest absolute Gasteiger partial charge is 0.481 e. The van der Waals surface area contributed by atoms with Crippen LogP contribution in [-0.4, -0.2) is 26.0 Å². The lowest BCUT2D eigenvalue weighted by Crippen LogP contribution is -2.42. The molecule has 16 heavy (non-hydrogen) atoms. The van der Waals surface area contributed by atoms with E-state index >= 15 is 0 Å². The van der Waals surface area contributed by atoms with Crippen LogP contribution in [0.1, 0.15) is 38.5 Å². The highest BCUT2D eigenvalue weighted by Crippen LogP contribution is 2.38. The van der Waals surface area contributed by atoms with Gasteiger partial charge in [-0.15, -0.1) is 0 Å². The topological polar surface area (TPSA) is 109 Å². The number of hydrogen-bond acceptors (Lipinski definition) is 3. The van der Waals surface area contributed by atoms with Crippen LogP contribution in [0.15, 0.2) is 0 Å². The summed E-state index contributed by atoms with van der Waals surface area (Å²) in [5.41, 5.74) is -0.462.